The first-order valence-electron chi connectivity index (χ1n) is 14.5. The molecule has 0 radical (unpaired) electrons. The van der Waals surface area contributed by atoms with Crippen molar-refractivity contribution in [2.75, 3.05) is 45.8 Å². The maximum absolute atomic E-state index is 13.1. The van der Waals surface area contributed by atoms with Gasteiger partial charge in [0, 0.05) is 19.3 Å². The summed E-state index contributed by atoms with van der Waals surface area (Å²) in [6.07, 6.45) is 1.07. The van der Waals surface area contributed by atoms with Crippen molar-refractivity contribution in [2.24, 2.45) is 0 Å². The van der Waals surface area contributed by atoms with Crippen molar-refractivity contribution in [3.05, 3.63) is 84.1 Å². The van der Waals surface area contributed by atoms with Gasteiger partial charge in [-0.15, -0.1) is 0 Å². The van der Waals surface area contributed by atoms with E-state index in [0.717, 1.165) is 5.56 Å². The molecule has 0 aliphatic carbocycles. The van der Waals surface area contributed by atoms with Crippen LogP contribution >= 0.6 is 0 Å². The van der Waals surface area contributed by atoms with Crippen molar-refractivity contribution in [1.82, 2.24) is 20.5 Å². The van der Waals surface area contributed by atoms with Gasteiger partial charge in [0.1, 0.15) is 42.1 Å². The van der Waals surface area contributed by atoms with Crippen LogP contribution in [0.5, 0.6) is 11.5 Å². The van der Waals surface area contributed by atoms with Gasteiger partial charge in [0.2, 0.25) is 5.91 Å². The first kappa shape index (κ1) is 33.5. The third kappa shape index (κ3) is 9.32. The Hall–Kier alpha value is -5.37. The fraction of sp³-hybridized carbons (Fsp3) is 0.344. The average molecular weight is 636 g/mol. The van der Waals surface area contributed by atoms with E-state index in [4.69, 9.17) is 18.9 Å². The number of amides is 3. The fourth-order valence-electron chi connectivity index (χ4n) is 4.87. The SMILES string of the molecule is COc1cccc(OC)c1C(=O)N[C@@H](CNC(=O)CO[C@@H]1C[C@@H](CNc2ccccn2)N(C(=O)OCc2ccccc2)C1)C(=O)O. The minimum atomic E-state index is -1.45. The molecule has 4 rings (SSSR count). The lowest BCUT2D eigenvalue weighted by Gasteiger charge is -2.24. The number of rotatable bonds is 15. The van der Waals surface area contributed by atoms with Crippen LogP contribution in [-0.4, -0.2) is 97.5 Å². The van der Waals surface area contributed by atoms with E-state index >= 15 is 0 Å². The Morgan fingerprint density at radius 1 is 0.978 bits per heavy atom. The van der Waals surface area contributed by atoms with E-state index in [1.807, 2.05) is 42.5 Å². The van der Waals surface area contributed by atoms with E-state index in [2.05, 4.69) is 20.9 Å². The summed E-state index contributed by atoms with van der Waals surface area (Å²) < 4.78 is 21.8. The number of carbonyl (C=O) groups excluding carboxylic acids is 3. The first-order chi connectivity index (χ1) is 22.3. The number of carbonyl (C=O) groups is 4. The third-order valence-electron chi connectivity index (χ3n) is 7.21. The average Bonchev–Trinajstić information content (AvgIpc) is 3.50. The summed E-state index contributed by atoms with van der Waals surface area (Å²) in [7, 11) is 2.74. The van der Waals surface area contributed by atoms with Gasteiger partial charge in [-0.2, -0.15) is 0 Å². The number of anilines is 1. The van der Waals surface area contributed by atoms with Gasteiger partial charge in [-0.25, -0.2) is 14.6 Å². The molecule has 3 amide bonds. The molecule has 1 fully saturated rings. The molecule has 46 heavy (non-hydrogen) atoms. The molecule has 0 spiro atoms. The quantitative estimate of drug-likeness (QED) is 0.193. The number of aliphatic carboxylic acids is 1. The minimum Gasteiger partial charge on any atom is -0.496 e. The highest BCUT2D eigenvalue weighted by Gasteiger charge is 2.37. The zero-order chi connectivity index (χ0) is 32.9. The number of benzene rings is 2. The summed E-state index contributed by atoms with van der Waals surface area (Å²) in [5.74, 6) is -1.66. The molecular weight excluding hydrogens is 598 g/mol. The molecule has 0 unspecified atom stereocenters. The van der Waals surface area contributed by atoms with E-state index in [0.29, 0.717) is 18.8 Å². The fourth-order valence-corrected chi connectivity index (χ4v) is 4.87. The molecular formula is C32H37N5O9. The van der Waals surface area contributed by atoms with E-state index in [9.17, 15) is 24.3 Å². The van der Waals surface area contributed by atoms with Gasteiger partial charge < -0.3 is 44.9 Å². The van der Waals surface area contributed by atoms with Gasteiger partial charge >= 0.3 is 12.1 Å². The van der Waals surface area contributed by atoms with Crippen LogP contribution in [0.3, 0.4) is 0 Å². The Balaban J connectivity index is 1.31. The molecule has 0 saturated carbocycles. The molecule has 1 aromatic heterocycles. The van der Waals surface area contributed by atoms with E-state index in [1.54, 1.807) is 35.4 Å². The molecule has 14 nitrogen and oxygen atoms in total. The molecule has 1 saturated heterocycles. The number of likely N-dealkylation sites (tertiary alicyclic amines) is 1. The number of nitrogens with zero attached hydrogens (tertiary/aromatic N) is 2. The third-order valence-corrected chi connectivity index (χ3v) is 7.21. The maximum atomic E-state index is 13.1. The van der Waals surface area contributed by atoms with Crippen molar-refractivity contribution in [3.63, 3.8) is 0 Å². The summed E-state index contributed by atoms with van der Waals surface area (Å²) in [4.78, 5) is 56.3. The summed E-state index contributed by atoms with van der Waals surface area (Å²) >= 11 is 0. The van der Waals surface area contributed by atoms with Gasteiger partial charge in [0.15, 0.2) is 0 Å². The maximum Gasteiger partial charge on any atom is 0.410 e. The zero-order valence-electron chi connectivity index (χ0n) is 25.5. The number of carboxylic acids is 1. The number of hydrogen-bond donors (Lipinski definition) is 4. The Bertz CT molecular complexity index is 1450. The number of carboxylic acid groups (broad SMARTS) is 1. The Morgan fingerprint density at radius 2 is 1.70 bits per heavy atom. The molecule has 2 aromatic carbocycles. The van der Waals surface area contributed by atoms with E-state index in [-0.39, 0.29) is 36.3 Å². The van der Waals surface area contributed by atoms with Crippen molar-refractivity contribution >= 4 is 29.7 Å². The monoisotopic (exact) mass is 635 g/mol. The van der Waals surface area contributed by atoms with Gasteiger partial charge in [-0.1, -0.05) is 42.5 Å². The van der Waals surface area contributed by atoms with Gasteiger partial charge in [0.05, 0.1) is 32.9 Å². The first-order valence-corrected chi connectivity index (χ1v) is 14.5. The number of pyridine rings is 1. The number of methoxy groups -OCH3 is 2. The molecule has 2 heterocycles. The predicted octanol–water partition coefficient (Wildman–Crippen LogP) is 2.31. The van der Waals surface area contributed by atoms with Crippen LogP contribution in [0.4, 0.5) is 10.6 Å². The molecule has 14 heteroatoms. The highest BCUT2D eigenvalue weighted by Crippen LogP contribution is 2.28. The van der Waals surface area contributed by atoms with Crippen LogP contribution in [0.25, 0.3) is 0 Å². The molecule has 1 aliphatic rings. The van der Waals surface area contributed by atoms with Gasteiger partial charge in [0.25, 0.3) is 5.91 Å². The van der Waals surface area contributed by atoms with Crippen LogP contribution in [0, 0.1) is 0 Å². The molecule has 1 aliphatic heterocycles. The van der Waals surface area contributed by atoms with Crippen LogP contribution in [0.2, 0.25) is 0 Å². The summed E-state index contributed by atoms with van der Waals surface area (Å²) in [5, 5.41) is 17.8. The van der Waals surface area contributed by atoms with Gasteiger partial charge in [-0.05, 0) is 36.2 Å². The lowest BCUT2D eigenvalue weighted by Crippen LogP contribution is -2.49. The Kier molecular flexibility index (Phi) is 12.1. The second-order valence-corrected chi connectivity index (χ2v) is 10.3. The van der Waals surface area contributed by atoms with Gasteiger partial charge in [-0.3, -0.25) is 9.59 Å². The topological polar surface area (TPSA) is 178 Å². The van der Waals surface area contributed by atoms with Crippen LogP contribution in [-0.2, 0) is 25.7 Å². The molecule has 244 valence electrons. The number of nitrogens with one attached hydrogen (secondary N) is 3. The lowest BCUT2D eigenvalue weighted by atomic mass is 10.1. The van der Waals surface area contributed by atoms with E-state index in [1.165, 1.54) is 14.2 Å². The summed E-state index contributed by atoms with van der Waals surface area (Å²) in [5.41, 5.74) is 0.870. The largest absolute Gasteiger partial charge is 0.496 e. The van der Waals surface area contributed by atoms with Crippen molar-refractivity contribution in [2.45, 2.75) is 31.2 Å². The van der Waals surface area contributed by atoms with Crippen molar-refractivity contribution in [3.8, 4) is 11.5 Å². The normalized spacial score (nSPS) is 16.2. The van der Waals surface area contributed by atoms with Crippen molar-refractivity contribution < 1.29 is 43.2 Å². The van der Waals surface area contributed by atoms with E-state index < -0.39 is 49.2 Å². The zero-order valence-corrected chi connectivity index (χ0v) is 25.5. The molecule has 4 N–H and O–H groups in total. The second kappa shape index (κ2) is 16.6. The summed E-state index contributed by atoms with van der Waals surface area (Å²) in [6.45, 7) is -0.126. The second-order valence-electron chi connectivity index (χ2n) is 10.3. The standard InChI is InChI=1S/C32H37N5O9/c1-43-25-11-8-12-26(44-2)29(25)30(39)36-24(31(40)41)17-35-28(38)20-45-23-15-22(16-34-27-13-6-7-14-33-27)37(18-23)32(42)46-19-21-9-4-3-5-10-21/h3-14,22-24H,15-20H2,1-2H3,(H,33,34)(H,35,38)(H,36,39)(H,40,41)/t22-,23+,24-/m0/s1. The number of hydrogen-bond acceptors (Lipinski definition) is 10. The van der Waals surface area contributed by atoms with Crippen LogP contribution < -0.4 is 25.4 Å². The highest BCUT2D eigenvalue weighted by molar-refractivity contribution is 6.01. The smallest absolute Gasteiger partial charge is 0.410 e. The number of ether oxygens (including phenoxy) is 4. The Morgan fingerprint density at radius 3 is 2.35 bits per heavy atom. The van der Waals surface area contributed by atoms with Crippen LogP contribution in [0.1, 0.15) is 22.3 Å². The van der Waals surface area contributed by atoms with Crippen molar-refractivity contribution in [1.29, 1.82) is 0 Å². The predicted molar refractivity (Wildman–Crippen MR) is 166 cm³/mol. The molecule has 3 atom stereocenters. The minimum absolute atomic E-state index is 0.0218. The highest BCUT2D eigenvalue weighted by atomic mass is 16.6. The Labute approximate surface area is 266 Å². The molecule has 0 bridgehead atoms. The summed E-state index contributed by atoms with van der Waals surface area (Å²) in [6, 6.07) is 17.7. The number of aromatic nitrogens is 1. The molecule has 3 aromatic rings. The lowest BCUT2D eigenvalue weighted by molar-refractivity contribution is -0.139. The van der Waals surface area contributed by atoms with Crippen LogP contribution in [0.15, 0.2) is 72.9 Å².